The Kier molecular flexibility index (Phi) is 7.50. The van der Waals surface area contributed by atoms with Crippen LogP contribution in [-0.4, -0.2) is 24.7 Å². The Morgan fingerprint density at radius 1 is 1.03 bits per heavy atom. The van der Waals surface area contributed by atoms with E-state index in [9.17, 15) is 14.0 Å². The monoisotopic (exact) mass is 484 g/mol. The zero-order valence-corrected chi connectivity index (χ0v) is 18.1. The molecule has 0 heterocycles. The number of esters is 1. The number of carbonyl (C=O) groups is 2. The van der Waals surface area contributed by atoms with Crippen LogP contribution in [0.4, 0.5) is 4.39 Å². The van der Waals surface area contributed by atoms with Gasteiger partial charge < -0.3 is 9.47 Å². The molecule has 1 amide bonds. The van der Waals surface area contributed by atoms with Gasteiger partial charge in [-0.3, -0.25) is 4.79 Å². The Morgan fingerprint density at radius 3 is 2.52 bits per heavy atom. The molecule has 0 saturated heterocycles. The molecule has 0 saturated carbocycles. The lowest BCUT2D eigenvalue weighted by Crippen LogP contribution is -2.17. The molecular formula is C23H18BrFN2O4. The van der Waals surface area contributed by atoms with Crippen molar-refractivity contribution in [3.05, 3.63) is 93.7 Å². The number of nitrogens with one attached hydrogen (secondary N) is 1. The molecule has 0 bridgehead atoms. The molecule has 31 heavy (non-hydrogen) atoms. The number of amides is 1. The van der Waals surface area contributed by atoms with Crippen molar-refractivity contribution in [1.82, 2.24) is 5.43 Å². The summed E-state index contributed by atoms with van der Waals surface area (Å²) in [6.07, 6.45) is 1.45. The van der Waals surface area contributed by atoms with E-state index in [1.54, 1.807) is 43.3 Å². The molecule has 6 nitrogen and oxygen atoms in total. The number of rotatable bonds is 7. The molecule has 3 aromatic rings. The number of hydrogen-bond acceptors (Lipinski definition) is 5. The maximum absolute atomic E-state index is 13.0. The van der Waals surface area contributed by atoms with Gasteiger partial charge in [0.05, 0.1) is 18.4 Å². The maximum atomic E-state index is 13.0. The first-order chi connectivity index (χ1) is 15.0. The Bertz CT molecular complexity index is 1120. The van der Waals surface area contributed by atoms with Gasteiger partial charge in [-0.1, -0.05) is 22.0 Å². The van der Waals surface area contributed by atoms with Crippen LogP contribution >= 0.6 is 15.9 Å². The SMILES string of the molecule is CCOc1cc(C=NNC(=O)c2cccc(Br)c2)ccc1OC(=O)c1ccc(F)cc1. The van der Waals surface area contributed by atoms with Crippen molar-refractivity contribution in [3.8, 4) is 11.5 Å². The number of carbonyl (C=O) groups excluding carboxylic acids is 2. The zero-order valence-electron chi connectivity index (χ0n) is 16.5. The predicted octanol–water partition coefficient (Wildman–Crippen LogP) is 4.97. The highest BCUT2D eigenvalue weighted by atomic mass is 79.9. The number of halogens is 2. The average Bonchev–Trinajstić information content (AvgIpc) is 2.76. The predicted molar refractivity (Wildman–Crippen MR) is 118 cm³/mol. The van der Waals surface area contributed by atoms with Crippen LogP contribution in [0.3, 0.4) is 0 Å². The van der Waals surface area contributed by atoms with E-state index in [1.165, 1.54) is 30.5 Å². The molecule has 1 N–H and O–H groups in total. The summed E-state index contributed by atoms with van der Waals surface area (Å²) >= 11 is 3.31. The van der Waals surface area contributed by atoms with E-state index in [1.807, 2.05) is 6.07 Å². The molecule has 0 unspecified atom stereocenters. The molecule has 158 valence electrons. The van der Waals surface area contributed by atoms with E-state index >= 15 is 0 Å². The molecule has 0 radical (unpaired) electrons. The number of nitrogens with zero attached hydrogens (tertiary/aromatic N) is 1. The van der Waals surface area contributed by atoms with Gasteiger partial charge in [0.2, 0.25) is 0 Å². The second kappa shape index (κ2) is 10.5. The van der Waals surface area contributed by atoms with Crippen LogP contribution in [0, 0.1) is 5.82 Å². The Hall–Kier alpha value is -3.52. The van der Waals surface area contributed by atoms with Gasteiger partial charge >= 0.3 is 5.97 Å². The topological polar surface area (TPSA) is 77.0 Å². The Morgan fingerprint density at radius 2 is 1.81 bits per heavy atom. The fourth-order valence-corrected chi connectivity index (χ4v) is 2.96. The second-order valence-electron chi connectivity index (χ2n) is 6.25. The van der Waals surface area contributed by atoms with Crippen LogP contribution in [0.5, 0.6) is 11.5 Å². The molecule has 3 rings (SSSR count). The normalized spacial score (nSPS) is 10.7. The van der Waals surface area contributed by atoms with Crippen molar-refractivity contribution in [2.24, 2.45) is 5.10 Å². The fourth-order valence-electron chi connectivity index (χ4n) is 2.56. The van der Waals surface area contributed by atoms with Gasteiger partial charge in [0, 0.05) is 10.0 Å². The van der Waals surface area contributed by atoms with Crippen molar-refractivity contribution in [2.75, 3.05) is 6.61 Å². The van der Waals surface area contributed by atoms with Gasteiger partial charge in [-0.15, -0.1) is 0 Å². The van der Waals surface area contributed by atoms with Crippen LogP contribution < -0.4 is 14.9 Å². The zero-order chi connectivity index (χ0) is 22.2. The summed E-state index contributed by atoms with van der Waals surface area (Å²) in [5, 5.41) is 3.96. The summed E-state index contributed by atoms with van der Waals surface area (Å²) in [5.74, 6) is -0.884. The Labute approximate surface area is 186 Å². The van der Waals surface area contributed by atoms with E-state index < -0.39 is 11.8 Å². The van der Waals surface area contributed by atoms with Crippen LogP contribution in [0.2, 0.25) is 0 Å². The van der Waals surface area contributed by atoms with Gasteiger partial charge in [-0.2, -0.15) is 5.10 Å². The highest BCUT2D eigenvalue weighted by Gasteiger charge is 2.13. The molecule has 0 fully saturated rings. The molecular weight excluding hydrogens is 467 g/mol. The first-order valence-electron chi connectivity index (χ1n) is 9.30. The second-order valence-corrected chi connectivity index (χ2v) is 7.16. The van der Waals surface area contributed by atoms with Gasteiger partial charge in [0.15, 0.2) is 11.5 Å². The summed E-state index contributed by atoms with van der Waals surface area (Å²) < 4.78 is 24.8. The van der Waals surface area contributed by atoms with Crippen LogP contribution in [0.15, 0.2) is 76.3 Å². The van der Waals surface area contributed by atoms with Crippen molar-refractivity contribution >= 4 is 34.0 Å². The van der Waals surface area contributed by atoms with Crippen LogP contribution in [0.25, 0.3) is 0 Å². The number of ether oxygens (including phenoxy) is 2. The third kappa shape index (κ3) is 6.23. The summed E-state index contributed by atoms with van der Waals surface area (Å²) in [6, 6.07) is 16.8. The maximum Gasteiger partial charge on any atom is 0.343 e. The fraction of sp³-hybridized carbons (Fsp3) is 0.0870. The van der Waals surface area contributed by atoms with E-state index in [0.717, 1.165) is 4.47 Å². The van der Waals surface area contributed by atoms with Crippen LogP contribution in [0.1, 0.15) is 33.2 Å². The van der Waals surface area contributed by atoms with Crippen molar-refractivity contribution in [1.29, 1.82) is 0 Å². The van der Waals surface area contributed by atoms with Crippen molar-refractivity contribution in [3.63, 3.8) is 0 Å². The third-order valence-corrected chi connectivity index (χ3v) is 4.51. The standard InChI is InChI=1S/C23H18BrFN2O4/c1-2-30-21-12-15(14-26-27-22(28)17-4-3-5-18(24)13-17)6-11-20(21)31-23(29)16-7-9-19(25)10-8-16/h3-14H,2H2,1H3,(H,27,28). The molecule has 0 aromatic heterocycles. The van der Waals surface area contributed by atoms with E-state index in [4.69, 9.17) is 9.47 Å². The minimum atomic E-state index is -0.636. The molecule has 0 aliphatic carbocycles. The van der Waals surface area contributed by atoms with Gasteiger partial charge in [-0.25, -0.2) is 14.6 Å². The van der Waals surface area contributed by atoms with E-state index in [-0.39, 0.29) is 17.2 Å². The van der Waals surface area contributed by atoms with Crippen molar-refractivity contribution < 1.29 is 23.5 Å². The summed E-state index contributed by atoms with van der Waals surface area (Å²) in [6.45, 7) is 2.14. The van der Waals surface area contributed by atoms with E-state index in [0.29, 0.717) is 23.5 Å². The minimum Gasteiger partial charge on any atom is -0.490 e. The smallest absolute Gasteiger partial charge is 0.343 e. The lowest BCUT2D eigenvalue weighted by Gasteiger charge is -2.11. The summed E-state index contributed by atoms with van der Waals surface area (Å²) in [4.78, 5) is 24.4. The molecule has 0 aliphatic rings. The number of hydrazone groups is 1. The van der Waals surface area contributed by atoms with Gasteiger partial charge in [0.1, 0.15) is 5.82 Å². The Balaban J connectivity index is 1.70. The first kappa shape index (κ1) is 22.2. The summed E-state index contributed by atoms with van der Waals surface area (Å²) in [5.41, 5.74) is 3.75. The van der Waals surface area contributed by atoms with Crippen LogP contribution in [-0.2, 0) is 0 Å². The molecule has 3 aromatic carbocycles. The third-order valence-electron chi connectivity index (χ3n) is 4.02. The number of benzene rings is 3. The first-order valence-corrected chi connectivity index (χ1v) is 10.1. The molecule has 0 atom stereocenters. The highest BCUT2D eigenvalue weighted by molar-refractivity contribution is 9.10. The van der Waals surface area contributed by atoms with Gasteiger partial charge in [0.25, 0.3) is 5.91 Å². The highest BCUT2D eigenvalue weighted by Crippen LogP contribution is 2.29. The molecule has 8 heteroatoms. The average molecular weight is 485 g/mol. The largest absolute Gasteiger partial charge is 0.490 e. The lowest BCUT2D eigenvalue weighted by atomic mass is 10.2. The van der Waals surface area contributed by atoms with Crippen molar-refractivity contribution in [2.45, 2.75) is 6.92 Å². The van der Waals surface area contributed by atoms with Gasteiger partial charge in [-0.05, 0) is 73.2 Å². The summed E-state index contributed by atoms with van der Waals surface area (Å²) in [7, 11) is 0. The quantitative estimate of drug-likeness (QED) is 0.222. The minimum absolute atomic E-state index is 0.213. The van der Waals surface area contributed by atoms with E-state index in [2.05, 4.69) is 26.5 Å². The lowest BCUT2D eigenvalue weighted by molar-refractivity contribution is 0.0728. The molecule has 0 aliphatic heterocycles. The number of hydrogen-bond donors (Lipinski definition) is 1. The molecule has 0 spiro atoms.